The van der Waals surface area contributed by atoms with Crippen LogP contribution in [0.5, 0.6) is 0 Å². The summed E-state index contributed by atoms with van der Waals surface area (Å²) in [5.41, 5.74) is 2.27. The number of aliphatic imine (C=N–C) groups is 1. The molecule has 1 aromatic carbocycles. The summed E-state index contributed by atoms with van der Waals surface area (Å²) in [6.45, 7) is 4.25. The van der Waals surface area contributed by atoms with Gasteiger partial charge in [-0.1, -0.05) is 31.5 Å². The number of hydrogen-bond acceptors (Lipinski definition) is 1. The Bertz CT molecular complexity index is 249. The molecule has 64 valence electrons. The van der Waals surface area contributed by atoms with Gasteiger partial charge in [0.2, 0.25) is 0 Å². The van der Waals surface area contributed by atoms with Gasteiger partial charge >= 0.3 is 0 Å². The molecule has 1 nitrogen and oxygen atoms in total. The van der Waals surface area contributed by atoms with Gasteiger partial charge in [-0.25, -0.2) is 0 Å². The minimum absolute atomic E-state index is 1.06. The fourth-order valence-electron chi connectivity index (χ4n) is 1.14. The fraction of sp³-hybridized carbons (Fsp3) is 0.364. The number of para-hydroxylation sites is 1. The Balaban J connectivity index is 2.67. The summed E-state index contributed by atoms with van der Waals surface area (Å²) >= 11 is 0. The van der Waals surface area contributed by atoms with Gasteiger partial charge in [0.25, 0.3) is 0 Å². The van der Waals surface area contributed by atoms with Crippen LogP contribution in [0.2, 0.25) is 0 Å². The van der Waals surface area contributed by atoms with Crippen molar-refractivity contribution < 1.29 is 0 Å². The molecule has 0 radical (unpaired) electrons. The minimum atomic E-state index is 1.06. The Morgan fingerprint density at radius 3 is 2.50 bits per heavy atom. The van der Waals surface area contributed by atoms with Gasteiger partial charge in [-0.2, -0.15) is 0 Å². The van der Waals surface area contributed by atoms with E-state index in [9.17, 15) is 0 Å². The number of rotatable bonds is 3. The lowest BCUT2D eigenvalue weighted by molar-refractivity contribution is 0.988. The fourth-order valence-corrected chi connectivity index (χ4v) is 1.14. The minimum Gasteiger partial charge on any atom is -0.258 e. The number of nitrogens with zero attached hydrogens (tertiary/aromatic N) is 1. The zero-order valence-corrected chi connectivity index (χ0v) is 7.75. The van der Waals surface area contributed by atoms with E-state index in [1.807, 2.05) is 30.3 Å². The SMILES string of the molecule is CCC/C(C)=N\c1ccccc1. The molecule has 0 saturated carbocycles. The van der Waals surface area contributed by atoms with Crippen molar-refractivity contribution in [3.8, 4) is 0 Å². The molecule has 0 aliphatic rings. The smallest absolute Gasteiger partial charge is 0.0628 e. The molecule has 1 aromatic rings. The van der Waals surface area contributed by atoms with E-state index in [0.717, 1.165) is 12.1 Å². The molecule has 0 unspecified atom stereocenters. The van der Waals surface area contributed by atoms with Crippen molar-refractivity contribution in [2.45, 2.75) is 26.7 Å². The molecule has 0 atom stereocenters. The largest absolute Gasteiger partial charge is 0.258 e. The molecular weight excluding hydrogens is 146 g/mol. The highest BCUT2D eigenvalue weighted by Crippen LogP contribution is 2.11. The van der Waals surface area contributed by atoms with Crippen molar-refractivity contribution in [1.82, 2.24) is 0 Å². The van der Waals surface area contributed by atoms with Crippen molar-refractivity contribution in [3.05, 3.63) is 30.3 Å². The van der Waals surface area contributed by atoms with E-state index in [2.05, 4.69) is 18.8 Å². The molecule has 0 amide bonds. The van der Waals surface area contributed by atoms with Gasteiger partial charge in [0.15, 0.2) is 0 Å². The first-order chi connectivity index (χ1) is 5.83. The highest BCUT2D eigenvalue weighted by Gasteiger charge is 1.89. The van der Waals surface area contributed by atoms with Crippen LogP contribution in [0.1, 0.15) is 26.7 Å². The molecule has 0 heterocycles. The van der Waals surface area contributed by atoms with Crippen molar-refractivity contribution in [1.29, 1.82) is 0 Å². The Morgan fingerprint density at radius 2 is 1.92 bits per heavy atom. The standard InChI is InChI=1S/C11H15N/c1-3-7-10(2)12-11-8-5-4-6-9-11/h4-6,8-9H,3,7H2,1-2H3/b12-10-. The molecule has 0 saturated heterocycles. The lowest BCUT2D eigenvalue weighted by Gasteiger charge is -1.96. The van der Waals surface area contributed by atoms with Crippen molar-refractivity contribution >= 4 is 11.4 Å². The summed E-state index contributed by atoms with van der Waals surface area (Å²) < 4.78 is 0. The van der Waals surface area contributed by atoms with Crippen LogP contribution in [0.25, 0.3) is 0 Å². The van der Waals surface area contributed by atoms with Crippen LogP contribution in [0.15, 0.2) is 35.3 Å². The highest BCUT2D eigenvalue weighted by molar-refractivity contribution is 5.84. The van der Waals surface area contributed by atoms with E-state index in [4.69, 9.17) is 0 Å². The summed E-state index contributed by atoms with van der Waals surface area (Å²) in [7, 11) is 0. The van der Waals surface area contributed by atoms with Crippen LogP contribution in [0.4, 0.5) is 5.69 Å². The van der Waals surface area contributed by atoms with E-state index >= 15 is 0 Å². The van der Waals surface area contributed by atoms with Crippen molar-refractivity contribution in [2.24, 2.45) is 4.99 Å². The van der Waals surface area contributed by atoms with Gasteiger partial charge in [0, 0.05) is 5.71 Å². The van der Waals surface area contributed by atoms with Gasteiger partial charge in [-0.15, -0.1) is 0 Å². The molecule has 0 spiro atoms. The summed E-state index contributed by atoms with van der Waals surface area (Å²) in [4.78, 5) is 4.47. The van der Waals surface area contributed by atoms with Crippen molar-refractivity contribution in [3.63, 3.8) is 0 Å². The molecule has 12 heavy (non-hydrogen) atoms. The second-order valence-corrected chi connectivity index (χ2v) is 2.93. The average molecular weight is 161 g/mol. The Hall–Kier alpha value is -1.11. The van der Waals surface area contributed by atoms with Crippen LogP contribution >= 0.6 is 0 Å². The van der Waals surface area contributed by atoms with Crippen LogP contribution in [-0.2, 0) is 0 Å². The lowest BCUT2D eigenvalue weighted by Crippen LogP contribution is -1.87. The van der Waals surface area contributed by atoms with Crippen LogP contribution in [-0.4, -0.2) is 5.71 Å². The van der Waals surface area contributed by atoms with E-state index in [1.165, 1.54) is 12.1 Å². The van der Waals surface area contributed by atoms with E-state index in [0.29, 0.717) is 0 Å². The first-order valence-electron chi connectivity index (χ1n) is 4.42. The third kappa shape index (κ3) is 2.87. The molecule has 0 aliphatic carbocycles. The van der Waals surface area contributed by atoms with Crippen molar-refractivity contribution in [2.75, 3.05) is 0 Å². The number of benzene rings is 1. The van der Waals surface area contributed by atoms with Gasteiger partial charge < -0.3 is 0 Å². The molecule has 1 rings (SSSR count). The Morgan fingerprint density at radius 1 is 1.25 bits per heavy atom. The second-order valence-electron chi connectivity index (χ2n) is 2.93. The monoisotopic (exact) mass is 161 g/mol. The average Bonchev–Trinajstić information content (AvgIpc) is 2.06. The first-order valence-corrected chi connectivity index (χ1v) is 4.42. The Labute approximate surface area is 74.2 Å². The molecule has 0 aromatic heterocycles. The molecule has 0 fully saturated rings. The lowest BCUT2D eigenvalue weighted by atomic mass is 10.2. The summed E-state index contributed by atoms with van der Waals surface area (Å²) in [5.74, 6) is 0. The summed E-state index contributed by atoms with van der Waals surface area (Å²) in [6, 6.07) is 10.1. The molecule has 0 bridgehead atoms. The normalized spacial score (nSPS) is 11.7. The van der Waals surface area contributed by atoms with E-state index < -0.39 is 0 Å². The number of hydrogen-bond donors (Lipinski definition) is 0. The van der Waals surface area contributed by atoms with Crippen LogP contribution in [0.3, 0.4) is 0 Å². The first kappa shape index (κ1) is 8.98. The third-order valence-corrected chi connectivity index (χ3v) is 1.69. The predicted octanol–water partition coefficient (Wildman–Crippen LogP) is 3.58. The molecule has 0 aliphatic heterocycles. The van der Waals surface area contributed by atoms with Crippen LogP contribution in [0, 0.1) is 0 Å². The summed E-state index contributed by atoms with van der Waals surface area (Å²) in [6.07, 6.45) is 2.26. The summed E-state index contributed by atoms with van der Waals surface area (Å²) in [5, 5.41) is 0. The highest BCUT2D eigenvalue weighted by atomic mass is 14.7. The molecule has 0 N–H and O–H groups in total. The van der Waals surface area contributed by atoms with Gasteiger partial charge in [0.1, 0.15) is 0 Å². The molecule has 1 heteroatoms. The predicted molar refractivity (Wildman–Crippen MR) is 54.1 cm³/mol. The zero-order valence-electron chi connectivity index (χ0n) is 7.75. The third-order valence-electron chi connectivity index (χ3n) is 1.69. The van der Waals surface area contributed by atoms with Gasteiger partial charge in [-0.05, 0) is 25.5 Å². The Kier molecular flexibility index (Phi) is 3.52. The van der Waals surface area contributed by atoms with Crippen LogP contribution < -0.4 is 0 Å². The maximum atomic E-state index is 4.47. The maximum absolute atomic E-state index is 4.47. The van der Waals surface area contributed by atoms with Gasteiger partial charge in [0.05, 0.1) is 5.69 Å². The van der Waals surface area contributed by atoms with Gasteiger partial charge in [-0.3, -0.25) is 4.99 Å². The topological polar surface area (TPSA) is 12.4 Å². The second kappa shape index (κ2) is 4.70. The van der Waals surface area contributed by atoms with E-state index in [-0.39, 0.29) is 0 Å². The quantitative estimate of drug-likeness (QED) is 0.601. The molecular formula is C11H15N. The zero-order chi connectivity index (χ0) is 8.81. The maximum Gasteiger partial charge on any atom is 0.0628 e. The van der Waals surface area contributed by atoms with E-state index in [1.54, 1.807) is 0 Å².